The molecule has 0 aliphatic heterocycles. The second-order valence-electron chi connectivity index (χ2n) is 8.86. The molecule has 0 bridgehead atoms. The average Bonchev–Trinajstić information content (AvgIpc) is 2.86. The summed E-state index contributed by atoms with van der Waals surface area (Å²) >= 11 is -4.20. The van der Waals surface area contributed by atoms with Crippen molar-refractivity contribution < 1.29 is 39.3 Å². The summed E-state index contributed by atoms with van der Waals surface area (Å²) in [7, 11) is 1.41. The zero-order valence-electron chi connectivity index (χ0n) is 21.8. The number of amides is 2. The topological polar surface area (TPSA) is 129 Å². The van der Waals surface area contributed by atoms with Gasteiger partial charge >= 0.3 is 230 Å². The Morgan fingerprint density at radius 2 is 1.68 bits per heavy atom. The Morgan fingerprint density at radius 3 is 2.29 bits per heavy atom. The Labute approximate surface area is 229 Å². The Balaban J connectivity index is 2.32. The van der Waals surface area contributed by atoms with Crippen LogP contribution < -0.4 is 13.7 Å². The molecule has 0 heterocycles. The number of rotatable bonds is 11. The summed E-state index contributed by atoms with van der Waals surface area (Å²) in [5, 5.41) is 4.98. The van der Waals surface area contributed by atoms with E-state index in [1.165, 1.54) is 32.2 Å². The van der Waals surface area contributed by atoms with Gasteiger partial charge in [0.2, 0.25) is 0 Å². The summed E-state index contributed by atoms with van der Waals surface area (Å²) in [4.78, 5) is 49.5. The van der Waals surface area contributed by atoms with Gasteiger partial charge in [-0.3, -0.25) is 0 Å². The van der Waals surface area contributed by atoms with Gasteiger partial charge in [0, 0.05) is 0 Å². The molecular weight excluding hydrogens is 614 g/mol. The Kier molecular flexibility index (Phi) is 11.8. The fourth-order valence-corrected chi connectivity index (χ4v) is 4.60. The second kappa shape index (κ2) is 14.5. The summed E-state index contributed by atoms with van der Waals surface area (Å²) in [6.45, 7) is 6.52. The summed E-state index contributed by atoms with van der Waals surface area (Å²) in [5.41, 5.74) is 0.240. The van der Waals surface area contributed by atoms with Crippen LogP contribution in [0.3, 0.4) is 0 Å². The Hall–Kier alpha value is -3.42. The van der Waals surface area contributed by atoms with Gasteiger partial charge in [0.25, 0.3) is 0 Å². The van der Waals surface area contributed by atoms with Crippen LogP contribution in [0.4, 0.5) is 12.4 Å². The molecule has 0 aliphatic rings. The van der Waals surface area contributed by atoms with Gasteiger partial charge in [-0.15, -0.1) is 0 Å². The van der Waals surface area contributed by atoms with Crippen molar-refractivity contribution in [3.8, 4) is 5.75 Å². The molecule has 2 aromatic rings. The minimum absolute atomic E-state index is 0.0173. The van der Waals surface area contributed by atoms with E-state index < -0.39 is 54.4 Å². The molecule has 0 saturated carbocycles. The number of nitrogens with one attached hydrogen (secondary N) is 2. The SMILES string of the molecule is CCOC(=O)I(F)Oc1ccc(C[C@H](NC(=O)OC(C)(C)C)C(=O)NC)cc1C(=O)OCc1ccccc1. The second-order valence-corrected chi connectivity index (χ2v) is 11.4. The molecule has 0 aromatic heterocycles. The molecule has 1 atom stereocenters. The van der Waals surface area contributed by atoms with Gasteiger partial charge < -0.3 is 0 Å². The van der Waals surface area contributed by atoms with Gasteiger partial charge in [0.15, 0.2) is 0 Å². The number of halogens is 2. The fourth-order valence-electron chi connectivity index (χ4n) is 3.06. The predicted octanol–water partition coefficient (Wildman–Crippen LogP) is 5.07. The van der Waals surface area contributed by atoms with E-state index >= 15 is 0 Å². The van der Waals surface area contributed by atoms with E-state index in [4.69, 9.17) is 12.5 Å². The van der Waals surface area contributed by atoms with Crippen LogP contribution in [0.25, 0.3) is 0 Å². The van der Waals surface area contributed by atoms with Crippen LogP contribution in [0.1, 0.15) is 49.2 Å². The number of hydrogen-bond donors (Lipinski definition) is 2. The van der Waals surface area contributed by atoms with Crippen LogP contribution in [-0.2, 0) is 32.0 Å². The number of alkyl carbamates (subject to hydrolysis) is 1. The van der Waals surface area contributed by atoms with E-state index in [9.17, 15) is 22.0 Å². The normalized spacial score (nSPS) is 12.0. The fraction of sp³-hybridized carbons (Fsp3) is 0.385. The summed E-state index contributed by atoms with van der Waals surface area (Å²) in [5.74, 6) is -1.51. The molecule has 0 fully saturated rings. The summed E-state index contributed by atoms with van der Waals surface area (Å²) < 4.78 is 33.9. The van der Waals surface area contributed by atoms with Gasteiger partial charge in [0.05, 0.1) is 0 Å². The molecule has 2 N–H and O–H groups in total. The number of ether oxygens (including phenoxy) is 3. The summed E-state index contributed by atoms with van der Waals surface area (Å²) in [6, 6.07) is 12.0. The molecule has 2 amide bonds. The van der Waals surface area contributed by atoms with Crippen molar-refractivity contribution in [2.75, 3.05) is 13.7 Å². The third-order valence-corrected chi connectivity index (χ3v) is 6.57. The Bertz CT molecular complexity index is 1120. The molecular formula is C26H32FIN2O8. The van der Waals surface area contributed by atoms with Gasteiger partial charge in [-0.05, 0) is 0 Å². The van der Waals surface area contributed by atoms with Crippen molar-refractivity contribution in [2.24, 2.45) is 0 Å². The quantitative estimate of drug-likeness (QED) is 0.150. The minimum atomic E-state index is -4.20. The first-order valence-electron chi connectivity index (χ1n) is 11.7. The van der Waals surface area contributed by atoms with Crippen LogP contribution in [0, 0.1) is 0 Å². The van der Waals surface area contributed by atoms with Crippen LogP contribution >= 0.6 is 20.8 Å². The average molecular weight is 646 g/mol. The molecule has 0 spiro atoms. The van der Waals surface area contributed by atoms with E-state index in [2.05, 4.69) is 15.4 Å². The van der Waals surface area contributed by atoms with Gasteiger partial charge in [0.1, 0.15) is 0 Å². The molecule has 10 nitrogen and oxygen atoms in total. The van der Waals surface area contributed by atoms with Crippen LogP contribution in [-0.4, -0.2) is 47.2 Å². The molecule has 0 aliphatic carbocycles. The van der Waals surface area contributed by atoms with Crippen molar-refractivity contribution in [2.45, 2.75) is 52.4 Å². The van der Waals surface area contributed by atoms with E-state index in [1.54, 1.807) is 45.0 Å². The third-order valence-electron chi connectivity index (χ3n) is 4.70. The first-order valence-corrected chi connectivity index (χ1v) is 14.5. The van der Waals surface area contributed by atoms with Gasteiger partial charge in [-0.1, -0.05) is 0 Å². The molecule has 0 unspecified atom stereocenters. The molecule has 208 valence electrons. The molecule has 0 radical (unpaired) electrons. The van der Waals surface area contributed by atoms with Crippen LogP contribution in [0.15, 0.2) is 48.5 Å². The van der Waals surface area contributed by atoms with Crippen molar-refractivity contribution >= 4 is 42.8 Å². The number of benzene rings is 2. The van der Waals surface area contributed by atoms with Crippen LogP contribution in [0.2, 0.25) is 0 Å². The van der Waals surface area contributed by atoms with Crippen molar-refractivity contribution in [1.82, 2.24) is 10.6 Å². The molecule has 2 rings (SSSR count). The van der Waals surface area contributed by atoms with Crippen molar-refractivity contribution in [3.63, 3.8) is 0 Å². The third kappa shape index (κ3) is 10.1. The van der Waals surface area contributed by atoms with Crippen molar-refractivity contribution in [3.05, 3.63) is 65.2 Å². The van der Waals surface area contributed by atoms with Gasteiger partial charge in [-0.2, -0.15) is 0 Å². The molecule has 0 saturated heterocycles. The zero-order valence-corrected chi connectivity index (χ0v) is 24.0. The van der Waals surface area contributed by atoms with E-state index in [0.717, 1.165) is 5.56 Å². The first kappa shape index (κ1) is 30.8. The number of carbonyl (C=O) groups excluding carboxylic acids is 4. The van der Waals surface area contributed by atoms with Crippen LogP contribution in [0.5, 0.6) is 5.75 Å². The Morgan fingerprint density at radius 1 is 1.00 bits per heavy atom. The summed E-state index contributed by atoms with van der Waals surface area (Å²) in [6.07, 6.45) is -0.830. The van der Waals surface area contributed by atoms with Crippen molar-refractivity contribution in [1.29, 1.82) is 0 Å². The zero-order chi connectivity index (χ0) is 28.3. The number of carbonyl (C=O) groups is 4. The maximum atomic E-state index is 14.5. The molecule has 12 heteroatoms. The predicted molar refractivity (Wildman–Crippen MR) is 146 cm³/mol. The maximum absolute atomic E-state index is 14.5. The standard InChI is InChI=1S/C26H32FIN2O8/c1-6-35-24(33)28(27)38-21-13-12-18(14-19(21)23(32)36-16-17-10-8-7-9-11-17)15-20(22(31)29-5)30-25(34)37-26(2,3)4/h7-14,20H,6,15-16H2,1-5H3,(H,29,31)(H,30,34)/t20-/m0/s1. The van der Waals surface area contributed by atoms with E-state index in [-0.39, 0.29) is 30.9 Å². The van der Waals surface area contributed by atoms with Gasteiger partial charge in [-0.25, -0.2) is 0 Å². The van der Waals surface area contributed by atoms with E-state index in [1.807, 2.05) is 6.07 Å². The number of likely N-dealkylation sites (N-methyl/N-ethyl adjacent to an activating group) is 1. The van der Waals surface area contributed by atoms with E-state index in [0.29, 0.717) is 5.56 Å². The molecule has 2 aromatic carbocycles. The number of hydrogen-bond acceptors (Lipinski definition) is 8. The monoisotopic (exact) mass is 646 g/mol. The molecule has 38 heavy (non-hydrogen) atoms. The number of esters is 1. The first-order chi connectivity index (χ1) is 17.9.